The lowest BCUT2D eigenvalue weighted by Crippen LogP contribution is -1.88. The molecule has 3 heteroatoms. The number of rotatable bonds is 3. The van der Waals surface area contributed by atoms with Crippen LogP contribution in [0.5, 0.6) is 0 Å². The average molecular weight is 513 g/mol. The lowest BCUT2D eigenvalue weighted by molar-refractivity contribution is 1.44. The molecule has 0 saturated carbocycles. The van der Waals surface area contributed by atoms with Crippen molar-refractivity contribution in [2.24, 2.45) is 0 Å². The molecule has 0 saturated heterocycles. The van der Waals surface area contributed by atoms with E-state index in [1.165, 1.54) is 5.56 Å². The first-order valence-corrected chi connectivity index (χ1v) is 10.9. The fourth-order valence-corrected chi connectivity index (χ4v) is 4.82. The van der Waals surface area contributed by atoms with Gasteiger partial charge in [0.2, 0.25) is 0 Å². The molecule has 28 heavy (non-hydrogen) atoms. The Labute approximate surface area is 187 Å². The van der Waals surface area contributed by atoms with Gasteiger partial charge in [-0.3, -0.25) is 0 Å². The van der Waals surface area contributed by atoms with E-state index in [-0.39, 0.29) is 0 Å². The second-order valence-corrected chi connectivity index (χ2v) is 8.86. The highest BCUT2D eigenvalue weighted by Crippen LogP contribution is 2.39. The fraction of sp³-hybridized carbons (Fsp3) is 0.0400. The van der Waals surface area contributed by atoms with E-state index in [1.807, 2.05) is 24.3 Å². The Bertz CT molecular complexity index is 1100. The van der Waals surface area contributed by atoms with Crippen LogP contribution in [0.1, 0.15) is 5.56 Å². The monoisotopic (exact) mass is 510 g/mol. The summed E-state index contributed by atoms with van der Waals surface area (Å²) < 4.78 is 2.15. The molecule has 0 bridgehead atoms. The average Bonchev–Trinajstić information content (AvgIpc) is 2.68. The van der Waals surface area contributed by atoms with Crippen LogP contribution in [0.15, 0.2) is 93.9 Å². The van der Waals surface area contributed by atoms with Crippen molar-refractivity contribution in [3.63, 3.8) is 0 Å². The Kier molecular flexibility index (Phi) is 5.73. The van der Waals surface area contributed by atoms with Gasteiger partial charge in [0.1, 0.15) is 0 Å². The van der Waals surface area contributed by atoms with E-state index in [4.69, 9.17) is 11.6 Å². The van der Waals surface area contributed by atoms with Crippen LogP contribution in [-0.4, -0.2) is 0 Å². The summed E-state index contributed by atoms with van der Waals surface area (Å²) >= 11 is 14.0. The molecule has 0 spiro atoms. The molecule has 0 aliphatic heterocycles. The molecule has 0 unspecified atom stereocenters. The van der Waals surface area contributed by atoms with Crippen LogP contribution in [0.3, 0.4) is 0 Å². The molecule has 4 aromatic carbocycles. The van der Waals surface area contributed by atoms with Gasteiger partial charge < -0.3 is 0 Å². The molecular formula is C25H17Br2Cl. The van der Waals surface area contributed by atoms with Crippen LogP contribution in [0.2, 0.25) is 5.02 Å². The predicted octanol–water partition coefficient (Wildman–Crippen LogP) is 9.17. The van der Waals surface area contributed by atoms with Crippen molar-refractivity contribution in [1.82, 2.24) is 0 Å². The molecule has 4 aromatic rings. The molecule has 0 nitrogen and oxygen atoms in total. The minimum absolute atomic E-state index is 0.751. The summed E-state index contributed by atoms with van der Waals surface area (Å²) in [5.41, 5.74) is 7.96. The summed E-state index contributed by atoms with van der Waals surface area (Å²) in [5, 5.41) is 0.751. The van der Waals surface area contributed by atoms with E-state index >= 15 is 0 Å². The smallest absolute Gasteiger partial charge is 0.0484 e. The molecule has 0 amide bonds. The van der Waals surface area contributed by atoms with Crippen LogP contribution >= 0.6 is 43.5 Å². The Morgan fingerprint density at radius 3 is 1.71 bits per heavy atom. The SMILES string of the molecule is Cc1ccc(-c2cc(-c3ccccc3Cl)cc(-c3ccccc3Br)c2)c(Br)c1. The van der Waals surface area contributed by atoms with Crippen LogP contribution < -0.4 is 0 Å². The highest BCUT2D eigenvalue weighted by Gasteiger charge is 2.12. The van der Waals surface area contributed by atoms with Gasteiger partial charge in [0.15, 0.2) is 0 Å². The van der Waals surface area contributed by atoms with E-state index in [9.17, 15) is 0 Å². The van der Waals surface area contributed by atoms with Gasteiger partial charge in [-0.05, 0) is 76.7 Å². The molecule has 0 atom stereocenters. The Morgan fingerprint density at radius 2 is 1.11 bits per heavy atom. The summed E-state index contributed by atoms with van der Waals surface area (Å²) in [7, 11) is 0. The molecule has 0 fully saturated rings. The van der Waals surface area contributed by atoms with Crippen molar-refractivity contribution in [2.45, 2.75) is 6.92 Å². The van der Waals surface area contributed by atoms with Crippen molar-refractivity contribution < 1.29 is 0 Å². The fourth-order valence-electron chi connectivity index (χ4n) is 3.34. The standard InChI is InChI=1S/C25H17Br2Cl/c1-16-10-11-21(24(27)12-16)18-13-17(20-6-2-4-8-23(20)26)14-19(15-18)22-7-3-5-9-25(22)28/h2-15H,1H3. The number of hydrogen-bond donors (Lipinski definition) is 0. The topological polar surface area (TPSA) is 0 Å². The van der Waals surface area contributed by atoms with Crippen molar-refractivity contribution >= 4 is 43.5 Å². The highest BCUT2D eigenvalue weighted by molar-refractivity contribution is 9.11. The number of aryl methyl sites for hydroxylation is 1. The van der Waals surface area contributed by atoms with Gasteiger partial charge >= 0.3 is 0 Å². The second kappa shape index (κ2) is 8.24. The maximum absolute atomic E-state index is 6.52. The van der Waals surface area contributed by atoms with Crippen LogP contribution in [-0.2, 0) is 0 Å². The minimum Gasteiger partial charge on any atom is -0.0837 e. The molecule has 0 N–H and O–H groups in total. The van der Waals surface area contributed by atoms with Crippen LogP contribution in [0.4, 0.5) is 0 Å². The predicted molar refractivity (Wildman–Crippen MR) is 128 cm³/mol. The molecule has 0 aliphatic rings. The molecular weight excluding hydrogens is 496 g/mol. The first kappa shape index (κ1) is 19.4. The quantitative estimate of drug-likeness (QED) is 0.257. The van der Waals surface area contributed by atoms with E-state index in [2.05, 4.69) is 99.4 Å². The first-order chi connectivity index (χ1) is 13.5. The minimum atomic E-state index is 0.751. The van der Waals surface area contributed by atoms with Gasteiger partial charge in [-0.1, -0.05) is 92.0 Å². The molecule has 0 heterocycles. The molecule has 0 aliphatic carbocycles. The third-order valence-corrected chi connectivity index (χ3v) is 6.42. The largest absolute Gasteiger partial charge is 0.0837 e. The zero-order valence-electron chi connectivity index (χ0n) is 15.2. The van der Waals surface area contributed by atoms with E-state index in [0.29, 0.717) is 0 Å². The van der Waals surface area contributed by atoms with E-state index in [0.717, 1.165) is 47.3 Å². The summed E-state index contributed by atoms with van der Waals surface area (Å²) in [4.78, 5) is 0. The number of halogens is 3. The zero-order valence-corrected chi connectivity index (χ0v) is 19.1. The summed E-state index contributed by atoms with van der Waals surface area (Å²) in [6, 6.07) is 29.4. The third kappa shape index (κ3) is 3.96. The van der Waals surface area contributed by atoms with Gasteiger partial charge in [-0.25, -0.2) is 0 Å². The number of benzene rings is 4. The highest BCUT2D eigenvalue weighted by atomic mass is 79.9. The maximum Gasteiger partial charge on any atom is 0.0484 e. The van der Waals surface area contributed by atoms with Gasteiger partial charge in [-0.2, -0.15) is 0 Å². The molecule has 4 rings (SSSR count). The Balaban J connectivity index is 1.99. The van der Waals surface area contributed by atoms with Gasteiger partial charge in [0, 0.05) is 19.5 Å². The van der Waals surface area contributed by atoms with E-state index in [1.54, 1.807) is 0 Å². The van der Waals surface area contributed by atoms with Crippen molar-refractivity contribution in [2.75, 3.05) is 0 Å². The van der Waals surface area contributed by atoms with Gasteiger partial charge in [-0.15, -0.1) is 0 Å². The van der Waals surface area contributed by atoms with Crippen LogP contribution in [0, 0.1) is 6.92 Å². The number of hydrogen-bond acceptors (Lipinski definition) is 0. The zero-order chi connectivity index (χ0) is 19.7. The Morgan fingerprint density at radius 1 is 0.571 bits per heavy atom. The maximum atomic E-state index is 6.52. The molecule has 138 valence electrons. The van der Waals surface area contributed by atoms with Gasteiger partial charge in [0.25, 0.3) is 0 Å². The van der Waals surface area contributed by atoms with Crippen molar-refractivity contribution in [3.05, 3.63) is 104 Å². The lowest BCUT2D eigenvalue weighted by Gasteiger charge is -2.14. The first-order valence-electron chi connectivity index (χ1n) is 8.94. The molecule has 0 aromatic heterocycles. The lowest BCUT2D eigenvalue weighted by atomic mass is 9.93. The molecule has 0 radical (unpaired) electrons. The van der Waals surface area contributed by atoms with Crippen molar-refractivity contribution in [3.8, 4) is 33.4 Å². The van der Waals surface area contributed by atoms with E-state index < -0.39 is 0 Å². The normalized spacial score (nSPS) is 10.9. The van der Waals surface area contributed by atoms with Gasteiger partial charge in [0.05, 0.1) is 0 Å². The van der Waals surface area contributed by atoms with Crippen molar-refractivity contribution in [1.29, 1.82) is 0 Å². The third-order valence-electron chi connectivity index (χ3n) is 4.74. The van der Waals surface area contributed by atoms with Crippen LogP contribution in [0.25, 0.3) is 33.4 Å². The second-order valence-electron chi connectivity index (χ2n) is 6.74. The Hall–Kier alpha value is -1.87. The summed E-state index contributed by atoms with van der Waals surface area (Å²) in [6.07, 6.45) is 0. The summed E-state index contributed by atoms with van der Waals surface area (Å²) in [5.74, 6) is 0. The summed E-state index contributed by atoms with van der Waals surface area (Å²) in [6.45, 7) is 2.10.